The predicted molar refractivity (Wildman–Crippen MR) is 204 cm³/mol. The fourth-order valence-corrected chi connectivity index (χ4v) is 6.95. The first-order valence-corrected chi connectivity index (χ1v) is 22.1. The van der Waals surface area contributed by atoms with Crippen molar-refractivity contribution in [2.45, 2.75) is 219 Å². The molecule has 1 aliphatic heterocycles. The second kappa shape index (κ2) is 35.3. The van der Waals surface area contributed by atoms with E-state index in [1.165, 1.54) is 230 Å². The van der Waals surface area contributed by atoms with Crippen molar-refractivity contribution in [3.8, 4) is 0 Å². The Morgan fingerprint density at radius 3 is 0.936 bits per heavy atom. The minimum Gasteiger partial charge on any atom is -0.726 e. The first-order valence-electron chi connectivity index (χ1n) is 20.8. The SMILES string of the molecule is CCCCCCCCCCCCCCCCCC[N+]1(CCCCCCCCCCCCCCCCCC)C=NCC1.COS(=O)(=O)[O-]. The zero-order valence-electron chi connectivity index (χ0n) is 32.0. The van der Waals surface area contributed by atoms with Crippen LogP contribution in [-0.4, -0.2) is 57.1 Å². The highest BCUT2D eigenvalue weighted by atomic mass is 32.3. The van der Waals surface area contributed by atoms with E-state index in [1.54, 1.807) is 0 Å². The second-order valence-corrected chi connectivity index (χ2v) is 15.7. The molecule has 0 aromatic rings. The quantitative estimate of drug-likeness (QED) is 0.0288. The van der Waals surface area contributed by atoms with E-state index in [0.29, 0.717) is 0 Å². The van der Waals surface area contributed by atoms with Gasteiger partial charge in [-0.05, 0) is 25.7 Å². The summed E-state index contributed by atoms with van der Waals surface area (Å²) in [6.45, 7) is 9.66. The molecule has 0 spiro atoms. The molecule has 0 N–H and O–H groups in total. The third-order valence-corrected chi connectivity index (χ3v) is 10.5. The topological polar surface area (TPSA) is 78.8 Å². The van der Waals surface area contributed by atoms with Crippen LogP contribution in [0.4, 0.5) is 0 Å². The van der Waals surface area contributed by atoms with E-state index in [4.69, 9.17) is 0 Å². The molecule has 282 valence electrons. The van der Waals surface area contributed by atoms with Crippen LogP contribution >= 0.6 is 0 Å². The molecule has 7 heteroatoms. The maximum atomic E-state index is 9.22. The molecular formula is C40H82N2O4S. The van der Waals surface area contributed by atoms with Crippen LogP contribution in [0.2, 0.25) is 0 Å². The Balaban J connectivity index is 0.00000320. The number of hydrogen-bond donors (Lipinski definition) is 0. The summed E-state index contributed by atoms with van der Waals surface area (Å²) < 4.78 is 32.2. The molecule has 0 radical (unpaired) electrons. The molecule has 0 bridgehead atoms. The molecule has 0 fully saturated rings. The number of quaternary nitrogens is 1. The van der Waals surface area contributed by atoms with Crippen LogP contribution in [0.25, 0.3) is 0 Å². The molecule has 1 aliphatic rings. The number of hydrogen-bond acceptors (Lipinski definition) is 5. The summed E-state index contributed by atoms with van der Waals surface area (Å²) in [6.07, 6.45) is 49.0. The summed E-state index contributed by atoms with van der Waals surface area (Å²) in [4.78, 5) is 4.67. The second-order valence-electron chi connectivity index (χ2n) is 14.6. The summed E-state index contributed by atoms with van der Waals surface area (Å²) in [7, 11) is -3.60. The molecule has 1 rings (SSSR count). The number of unbranched alkanes of at least 4 members (excludes halogenated alkanes) is 30. The van der Waals surface area contributed by atoms with Gasteiger partial charge in [0, 0.05) is 0 Å². The highest BCUT2D eigenvalue weighted by Gasteiger charge is 2.28. The van der Waals surface area contributed by atoms with E-state index in [9.17, 15) is 13.0 Å². The van der Waals surface area contributed by atoms with Crippen LogP contribution in [0.3, 0.4) is 0 Å². The van der Waals surface area contributed by atoms with Crippen LogP contribution in [0.15, 0.2) is 4.99 Å². The molecule has 0 aromatic carbocycles. The lowest BCUT2D eigenvalue weighted by Gasteiger charge is -2.30. The third-order valence-electron chi connectivity index (χ3n) is 10.1. The van der Waals surface area contributed by atoms with Crippen LogP contribution in [0.5, 0.6) is 0 Å². The standard InChI is InChI=1S/C39H79N2.CH4O4S/c1-3-5-7-9-11-13-15-17-19-21-23-25-27-29-31-33-36-41(38-35-40-39-41)37-34-32-30-28-26-24-22-20-18-16-14-12-10-8-6-4-2;1-5-6(2,3)4/h39H,3-38H2,1-2H3;1H3,(H,2,3,4)/q+1;/p-1. The van der Waals surface area contributed by atoms with Crippen molar-refractivity contribution in [2.24, 2.45) is 4.99 Å². The average Bonchev–Trinajstić information content (AvgIpc) is 3.53. The molecule has 6 nitrogen and oxygen atoms in total. The Bertz CT molecular complexity index is 723. The summed E-state index contributed by atoms with van der Waals surface area (Å²) in [6, 6.07) is 0. The van der Waals surface area contributed by atoms with E-state index in [0.717, 1.165) is 13.7 Å². The summed E-state index contributed by atoms with van der Waals surface area (Å²) in [5.74, 6) is 0. The van der Waals surface area contributed by atoms with Crippen molar-refractivity contribution in [2.75, 3.05) is 33.3 Å². The van der Waals surface area contributed by atoms with Crippen molar-refractivity contribution >= 4 is 16.7 Å². The fraction of sp³-hybridized carbons (Fsp3) is 0.975. The first kappa shape index (κ1) is 46.5. The summed E-state index contributed by atoms with van der Waals surface area (Å²) >= 11 is 0. The first-order chi connectivity index (χ1) is 22.9. The zero-order chi connectivity index (χ0) is 34.6. The lowest BCUT2D eigenvalue weighted by molar-refractivity contribution is -0.829. The van der Waals surface area contributed by atoms with Gasteiger partial charge in [0.05, 0.1) is 26.7 Å². The van der Waals surface area contributed by atoms with Crippen molar-refractivity contribution in [1.29, 1.82) is 0 Å². The Hall–Kier alpha value is -0.500. The molecule has 0 aromatic heterocycles. The molecule has 0 atom stereocenters. The van der Waals surface area contributed by atoms with Gasteiger partial charge in [0.15, 0.2) is 6.34 Å². The van der Waals surface area contributed by atoms with Gasteiger partial charge in [0.25, 0.3) is 0 Å². The van der Waals surface area contributed by atoms with Crippen molar-refractivity contribution in [3.63, 3.8) is 0 Å². The minimum atomic E-state index is -4.41. The predicted octanol–water partition coefficient (Wildman–Crippen LogP) is 12.5. The molecular weight excluding hydrogens is 605 g/mol. The normalized spacial score (nSPS) is 14.0. The smallest absolute Gasteiger partial charge is 0.217 e. The monoisotopic (exact) mass is 687 g/mol. The van der Waals surface area contributed by atoms with Crippen LogP contribution in [0.1, 0.15) is 219 Å². The van der Waals surface area contributed by atoms with E-state index in [1.807, 2.05) is 0 Å². The highest BCUT2D eigenvalue weighted by Crippen LogP contribution is 2.18. The van der Waals surface area contributed by atoms with Gasteiger partial charge in [0.2, 0.25) is 10.4 Å². The fourth-order valence-electron chi connectivity index (χ4n) is 6.95. The molecule has 47 heavy (non-hydrogen) atoms. The Morgan fingerprint density at radius 2 is 0.745 bits per heavy atom. The van der Waals surface area contributed by atoms with E-state index >= 15 is 0 Å². The van der Waals surface area contributed by atoms with Crippen molar-refractivity contribution in [1.82, 2.24) is 0 Å². The van der Waals surface area contributed by atoms with Gasteiger partial charge in [-0.2, -0.15) is 0 Å². The number of rotatable bonds is 35. The Morgan fingerprint density at radius 1 is 0.511 bits per heavy atom. The molecule has 0 unspecified atom stereocenters. The van der Waals surface area contributed by atoms with Gasteiger partial charge in [-0.15, -0.1) is 0 Å². The lowest BCUT2D eigenvalue weighted by atomic mass is 10.0. The lowest BCUT2D eigenvalue weighted by Crippen LogP contribution is -2.46. The van der Waals surface area contributed by atoms with Crippen molar-refractivity contribution in [3.05, 3.63) is 0 Å². The maximum Gasteiger partial charge on any atom is 0.217 e. The summed E-state index contributed by atoms with van der Waals surface area (Å²) in [5.41, 5.74) is 0. The Kier molecular flexibility index (Phi) is 35.0. The maximum absolute atomic E-state index is 9.22. The number of nitrogens with zero attached hydrogens (tertiary/aromatic N) is 2. The zero-order valence-corrected chi connectivity index (χ0v) is 32.8. The molecule has 0 saturated heterocycles. The minimum absolute atomic E-state index is 0.808. The number of aliphatic imine (C=N–C) groups is 1. The summed E-state index contributed by atoms with van der Waals surface area (Å²) in [5, 5.41) is 0. The van der Waals surface area contributed by atoms with Gasteiger partial charge in [-0.25, -0.2) is 13.4 Å². The van der Waals surface area contributed by atoms with Gasteiger partial charge in [-0.3, -0.25) is 8.67 Å². The van der Waals surface area contributed by atoms with E-state index < -0.39 is 10.4 Å². The van der Waals surface area contributed by atoms with Crippen molar-refractivity contribution < 1.29 is 21.6 Å². The average molecular weight is 687 g/mol. The largest absolute Gasteiger partial charge is 0.726 e. The van der Waals surface area contributed by atoms with Crippen LogP contribution in [-0.2, 0) is 14.6 Å². The molecule has 0 aliphatic carbocycles. The van der Waals surface area contributed by atoms with Crippen LogP contribution < -0.4 is 0 Å². The molecule has 0 saturated carbocycles. The molecule has 1 heterocycles. The third kappa shape index (κ3) is 35.1. The molecule has 0 amide bonds. The van der Waals surface area contributed by atoms with Gasteiger partial charge in [-0.1, -0.05) is 194 Å². The van der Waals surface area contributed by atoms with Gasteiger partial charge in [0.1, 0.15) is 6.54 Å². The van der Waals surface area contributed by atoms with Gasteiger partial charge < -0.3 is 4.55 Å². The van der Waals surface area contributed by atoms with E-state index in [2.05, 4.69) is 29.4 Å². The van der Waals surface area contributed by atoms with E-state index in [-0.39, 0.29) is 0 Å². The Labute approximate surface area is 295 Å². The van der Waals surface area contributed by atoms with Crippen LogP contribution in [0, 0.1) is 0 Å². The van der Waals surface area contributed by atoms with Gasteiger partial charge >= 0.3 is 0 Å². The highest BCUT2D eigenvalue weighted by molar-refractivity contribution is 7.80.